The van der Waals surface area contributed by atoms with E-state index in [0.717, 1.165) is 5.56 Å². The minimum absolute atomic E-state index is 0.110. The molecule has 0 saturated heterocycles. The zero-order chi connectivity index (χ0) is 13.8. The first-order chi connectivity index (χ1) is 9.06. The number of fused-ring (bicyclic) bond motifs is 1. The molecule has 1 unspecified atom stereocenters. The van der Waals surface area contributed by atoms with E-state index >= 15 is 0 Å². The van der Waals surface area contributed by atoms with E-state index in [1.54, 1.807) is 18.2 Å². The van der Waals surface area contributed by atoms with Gasteiger partial charge in [0, 0.05) is 6.42 Å². The summed E-state index contributed by atoms with van der Waals surface area (Å²) in [4.78, 5) is 21.6. The number of hydrogen-bond donors (Lipinski definition) is 2. The molecule has 2 N–H and O–H groups in total. The highest BCUT2D eigenvalue weighted by Gasteiger charge is 2.21. The summed E-state index contributed by atoms with van der Waals surface area (Å²) in [6.45, 7) is 0.167. The van der Waals surface area contributed by atoms with E-state index in [9.17, 15) is 9.59 Å². The van der Waals surface area contributed by atoms with Crippen molar-refractivity contribution in [2.24, 2.45) is 5.92 Å². The van der Waals surface area contributed by atoms with Crippen molar-refractivity contribution in [1.82, 2.24) is 0 Å². The summed E-state index contributed by atoms with van der Waals surface area (Å²) in [5.41, 5.74) is 0.794. The summed E-state index contributed by atoms with van der Waals surface area (Å²) in [6, 6.07) is 5.23. The lowest BCUT2D eigenvalue weighted by atomic mass is 9.94. The lowest BCUT2D eigenvalue weighted by Gasteiger charge is -2.11. The number of carboxylic acid groups (broad SMARTS) is 2. The van der Waals surface area contributed by atoms with Gasteiger partial charge in [-0.25, -0.2) is 0 Å². The molecule has 0 fully saturated rings. The lowest BCUT2D eigenvalue weighted by Crippen LogP contribution is -2.17. The van der Waals surface area contributed by atoms with Crippen LogP contribution in [0.3, 0.4) is 0 Å². The van der Waals surface area contributed by atoms with Crippen LogP contribution in [-0.4, -0.2) is 28.9 Å². The molecular weight excluding hydrogens is 252 g/mol. The minimum atomic E-state index is -0.989. The zero-order valence-corrected chi connectivity index (χ0v) is 10.2. The second kappa shape index (κ2) is 5.60. The number of ether oxygens (including phenoxy) is 2. The van der Waals surface area contributed by atoms with Crippen LogP contribution in [0.15, 0.2) is 18.2 Å². The summed E-state index contributed by atoms with van der Waals surface area (Å²) in [5, 5.41) is 17.7. The molecule has 2 rings (SSSR count). The van der Waals surface area contributed by atoms with Crippen LogP contribution in [0.1, 0.15) is 18.4 Å². The molecule has 6 nitrogen and oxygen atoms in total. The van der Waals surface area contributed by atoms with Crippen LogP contribution in [0.5, 0.6) is 11.5 Å². The molecule has 6 heteroatoms. The Hall–Kier alpha value is -2.24. The van der Waals surface area contributed by atoms with Crippen molar-refractivity contribution < 1.29 is 29.3 Å². The lowest BCUT2D eigenvalue weighted by molar-refractivity contribution is -0.142. The molecular formula is C13H14O6. The first-order valence-electron chi connectivity index (χ1n) is 5.89. The van der Waals surface area contributed by atoms with Gasteiger partial charge in [-0.05, 0) is 30.5 Å². The molecule has 1 aromatic carbocycles. The van der Waals surface area contributed by atoms with Gasteiger partial charge in [-0.1, -0.05) is 6.07 Å². The first kappa shape index (κ1) is 13.2. The second-order valence-corrected chi connectivity index (χ2v) is 4.36. The molecule has 1 atom stereocenters. The third-order valence-electron chi connectivity index (χ3n) is 2.97. The Labute approximate surface area is 109 Å². The molecule has 0 spiro atoms. The summed E-state index contributed by atoms with van der Waals surface area (Å²) >= 11 is 0. The van der Waals surface area contributed by atoms with Crippen molar-refractivity contribution in [3.8, 4) is 11.5 Å². The fraction of sp³-hybridized carbons (Fsp3) is 0.385. The van der Waals surface area contributed by atoms with Crippen LogP contribution in [0.25, 0.3) is 0 Å². The first-order valence-corrected chi connectivity index (χ1v) is 5.89. The number of benzene rings is 1. The maximum atomic E-state index is 11.1. The van der Waals surface area contributed by atoms with Gasteiger partial charge in [0.2, 0.25) is 6.79 Å². The van der Waals surface area contributed by atoms with E-state index in [-0.39, 0.29) is 26.1 Å². The highest BCUT2D eigenvalue weighted by molar-refractivity contribution is 5.72. The predicted molar refractivity (Wildman–Crippen MR) is 64.3 cm³/mol. The largest absolute Gasteiger partial charge is 0.481 e. The molecule has 0 radical (unpaired) electrons. The highest BCUT2D eigenvalue weighted by atomic mass is 16.7. The molecule has 0 saturated carbocycles. The van der Waals surface area contributed by atoms with Crippen molar-refractivity contribution in [2.75, 3.05) is 6.79 Å². The van der Waals surface area contributed by atoms with Crippen LogP contribution < -0.4 is 9.47 Å². The van der Waals surface area contributed by atoms with Crippen molar-refractivity contribution in [2.45, 2.75) is 19.3 Å². The Balaban J connectivity index is 2.04. The van der Waals surface area contributed by atoms with Gasteiger partial charge < -0.3 is 19.7 Å². The van der Waals surface area contributed by atoms with Crippen LogP contribution in [0.2, 0.25) is 0 Å². The predicted octanol–water partition coefficient (Wildman–Crippen LogP) is 1.52. The van der Waals surface area contributed by atoms with Gasteiger partial charge in [-0.2, -0.15) is 0 Å². The van der Waals surface area contributed by atoms with Gasteiger partial charge in [-0.3, -0.25) is 9.59 Å². The number of carboxylic acids is 2. The van der Waals surface area contributed by atoms with Gasteiger partial charge >= 0.3 is 11.9 Å². The maximum absolute atomic E-state index is 11.1. The third-order valence-corrected chi connectivity index (χ3v) is 2.97. The zero-order valence-electron chi connectivity index (χ0n) is 10.2. The quantitative estimate of drug-likeness (QED) is 0.811. The van der Waals surface area contributed by atoms with Crippen molar-refractivity contribution in [1.29, 1.82) is 0 Å². The van der Waals surface area contributed by atoms with E-state index in [4.69, 9.17) is 19.7 Å². The van der Waals surface area contributed by atoms with E-state index < -0.39 is 17.9 Å². The molecule has 102 valence electrons. The van der Waals surface area contributed by atoms with E-state index in [2.05, 4.69) is 0 Å². The van der Waals surface area contributed by atoms with Crippen LogP contribution in [0.4, 0.5) is 0 Å². The number of aliphatic carboxylic acids is 2. The van der Waals surface area contributed by atoms with Crippen molar-refractivity contribution in [3.05, 3.63) is 23.8 Å². The van der Waals surface area contributed by atoms with Gasteiger partial charge in [0.25, 0.3) is 0 Å². The molecule has 1 heterocycles. The SMILES string of the molecule is O=C(O)CCC(Cc1ccc2c(c1)OCO2)C(=O)O. The standard InChI is InChI=1S/C13H14O6/c14-12(15)4-2-9(13(16)17)5-8-1-3-10-11(6-8)19-7-18-10/h1,3,6,9H,2,4-5,7H2,(H,14,15)(H,16,17). The Morgan fingerprint density at radius 1 is 1.21 bits per heavy atom. The normalized spacial score (nSPS) is 14.1. The Morgan fingerprint density at radius 2 is 1.95 bits per heavy atom. The van der Waals surface area contributed by atoms with Crippen molar-refractivity contribution in [3.63, 3.8) is 0 Å². The average molecular weight is 266 g/mol. The maximum Gasteiger partial charge on any atom is 0.306 e. The number of hydrogen-bond acceptors (Lipinski definition) is 4. The smallest absolute Gasteiger partial charge is 0.306 e. The average Bonchev–Trinajstić information content (AvgIpc) is 2.81. The van der Waals surface area contributed by atoms with Crippen LogP contribution in [-0.2, 0) is 16.0 Å². The Kier molecular flexibility index (Phi) is 3.89. The molecule has 0 bridgehead atoms. The van der Waals surface area contributed by atoms with Crippen LogP contribution >= 0.6 is 0 Å². The topological polar surface area (TPSA) is 93.1 Å². The van der Waals surface area contributed by atoms with Gasteiger partial charge in [-0.15, -0.1) is 0 Å². The van der Waals surface area contributed by atoms with E-state index in [1.165, 1.54) is 0 Å². The van der Waals surface area contributed by atoms with E-state index in [1.807, 2.05) is 0 Å². The summed E-state index contributed by atoms with van der Waals surface area (Å²) in [7, 11) is 0. The summed E-state index contributed by atoms with van der Waals surface area (Å²) in [5.74, 6) is -1.45. The van der Waals surface area contributed by atoms with Crippen LogP contribution in [0, 0.1) is 5.92 Å². The summed E-state index contributed by atoms with van der Waals surface area (Å²) < 4.78 is 10.4. The minimum Gasteiger partial charge on any atom is -0.481 e. The molecule has 1 aromatic rings. The number of rotatable bonds is 6. The fourth-order valence-corrected chi connectivity index (χ4v) is 1.96. The van der Waals surface area contributed by atoms with Gasteiger partial charge in [0.15, 0.2) is 11.5 Å². The monoisotopic (exact) mass is 266 g/mol. The highest BCUT2D eigenvalue weighted by Crippen LogP contribution is 2.33. The summed E-state index contributed by atoms with van der Waals surface area (Å²) in [6.07, 6.45) is 0.236. The molecule has 1 aliphatic heterocycles. The Morgan fingerprint density at radius 3 is 2.63 bits per heavy atom. The third kappa shape index (κ3) is 3.37. The molecule has 1 aliphatic rings. The van der Waals surface area contributed by atoms with Gasteiger partial charge in [0.1, 0.15) is 0 Å². The Bertz CT molecular complexity index is 496. The fourth-order valence-electron chi connectivity index (χ4n) is 1.96. The van der Waals surface area contributed by atoms with Gasteiger partial charge in [0.05, 0.1) is 5.92 Å². The number of carbonyl (C=O) groups is 2. The second-order valence-electron chi connectivity index (χ2n) is 4.36. The molecule has 0 aromatic heterocycles. The van der Waals surface area contributed by atoms with E-state index in [0.29, 0.717) is 11.5 Å². The van der Waals surface area contributed by atoms with Crippen molar-refractivity contribution >= 4 is 11.9 Å². The molecule has 0 aliphatic carbocycles. The molecule has 19 heavy (non-hydrogen) atoms. The molecule has 0 amide bonds.